The molecule has 3 aromatic rings. The molecule has 0 saturated heterocycles. The Bertz CT molecular complexity index is 991. The number of anilines is 1. The van der Waals surface area contributed by atoms with Crippen molar-refractivity contribution in [2.75, 3.05) is 4.31 Å². The van der Waals surface area contributed by atoms with Gasteiger partial charge < -0.3 is 0 Å². The minimum absolute atomic E-state index is 0.296. The van der Waals surface area contributed by atoms with Gasteiger partial charge in [-0.25, -0.2) is 8.42 Å². The summed E-state index contributed by atoms with van der Waals surface area (Å²) in [5.74, 6) is 0. The van der Waals surface area contributed by atoms with Gasteiger partial charge in [0.15, 0.2) is 0 Å². The fourth-order valence-electron chi connectivity index (χ4n) is 3.18. The third kappa shape index (κ3) is 3.65. The largest absolute Gasteiger partial charge is 0.264 e. The maximum Gasteiger partial charge on any atom is 0.264 e. The van der Waals surface area contributed by atoms with E-state index in [0.29, 0.717) is 11.4 Å². The first-order chi connectivity index (χ1) is 12.4. The SMILES string of the molecule is Cc1cccc(CN(c2c(C)cccc2C)S(=O)(=O)c2ccccc2)c1. The topological polar surface area (TPSA) is 37.4 Å². The van der Waals surface area contributed by atoms with Crippen LogP contribution >= 0.6 is 0 Å². The van der Waals surface area contributed by atoms with Crippen LogP contribution in [0, 0.1) is 20.8 Å². The van der Waals surface area contributed by atoms with E-state index in [2.05, 4.69) is 0 Å². The van der Waals surface area contributed by atoms with E-state index in [4.69, 9.17) is 0 Å². The van der Waals surface area contributed by atoms with Gasteiger partial charge in [0.25, 0.3) is 10.0 Å². The molecule has 0 spiro atoms. The van der Waals surface area contributed by atoms with Crippen molar-refractivity contribution in [3.63, 3.8) is 0 Å². The molecule has 0 aromatic heterocycles. The van der Waals surface area contributed by atoms with Crippen molar-refractivity contribution in [1.29, 1.82) is 0 Å². The predicted molar refractivity (Wildman–Crippen MR) is 107 cm³/mol. The molecule has 0 aliphatic carbocycles. The highest BCUT2D eigenvalue weighted by Gasteiger charge is 2.27. The summed E-state index contributed by atoms with van der Waals surface area (Å²) in [6.07, 6.45) is 0. The quantitative estimate of drug-likeness (QED) is 0.637. The molecule has 0 radical (unpaired) electrons. The molecule has 0 saturated carbocycles. The first kappa shape index (κ1) is 18.2. The minimum Gasteiger partial charge on any atom is -0.261 e. The van der Waals surface area contributed by atoms with E-state index in [9.17, 15) is 8.42 Å². The van der Waals surface area contributed by atoms with Crippen LogP contribution in [0.25, 0.3) is 0 Å². The van der Waals surface area contributed by atoms with Gasteiger partial charge in [-0.3, -0.25) is 4.31 Å². The number of nitrogens with zero attached hydrogens (tertiary/aromatic N) is 1. The zero-order valence-corrected chi connectivity index (χ0v) is 16.1. The maximum atomic E-state index is 13.5. The lowest BCUT2D eigenvalue weighted by molar-refractivity contribution is 0.590. The Kier molecular flexibility index (Phi) is 5.14. The van der Waals surface area contributed by atoms with Crippen molar-refractivity contribution in [1.82, 2.24) is 0 Å². The van der Waals surface area contributed by atoms with Crippen molar-refractivity contribution in [3.8, 4) is 0 Å². The highest BCUT2D eigenvalue weighted by atomic mass is 32.2. The Morgan fingerprint density at radius 2 is 1.38 bits per heavy atom. The molecule has 0 bridgehead atoms. The number of benzene rings is 3. The molecule has 26 heavy (non-hydrogen) atoms. The van der Waals surface area contributed by atoms with E-state index in [1.54, 1.807) is 24.3 Å². The summed E-state index contributed by atoms with van der Waals surface area (Å²) < 4.78 is 28.4. The molecule has 134 valence electrons. The van der Waals surface area contributed by atoms with Gasteiger partial charge in [0.05, 0.1) is 17.1 Å². The highest BCUT2D eigenvalue weighted by Crippen LogP contribution is 2.31. The second kappa shape index (κ2) is 7.34. The minimum atomic E-state index is -3.68. The van der Waals surface area contributed by atoms with Gasteiger partial charge in [0, 0.05) is 0 Å². The maximum absolute atomic E-state index is 13.5. The second-order valence-electron chi connectivity index (χ2n) is 6.55. The Hall–Kier alpha value is -2.59. The van der Waals surface area contributed by atoms with Crippen molar-refractivity contribution in [3.05, 3.63) is 95.1 Å². The molecular weight excluding hydrogens is 342 g/mol. The normalized spacial score (nSPS) is 11.3. The fraction of sp³-hybridized carbons (Fsp3) is 0.182. The number of hydrogen-bond donors (Lipinski definition) is 0. The van der Waals surface area contributed by atoms with E-state index < -0.39 is 10.0 Å². The second-order valence-corrected chi connectivity index (χ2v) is 8.42. The summed E-state index contributed by atoms with van der Waals surface area (Å²) in [6.45, 7) is 6.21. The summed E-state index contributed by atoms with van der Waals surface area (Å²) in [7, 11) is -3.68. The summed E-state index contributed by atoms with van der Waals surface area (Å²) in [5, 5.41) is 0. The highest BCUT2D eigenvalue weighted by molar-refractivity contribution is 7.92. The molecule has 0 aliphatic rings. The molecule has 3 rings (SSSR count). The lowest BCUT2D eigenvalue weighted by Gasteiger charge is -2.28. The molecule has 3 aromatic carbocycles. The van der Waals surface area contributed by atoms with Crippen LogP contribution in [0.15, 0.2) is 77.7 Å². The van der Waals surface area contributed by atoms with Crippen LogP contribution in [0.3, 0.4) is 0 Å². The van der Waals surface area contributed by atoms with Gasteiger partial charge in [0.2, 0.25) is 0 Å². The smallest absolute Gasteiger partial charge is 0.261 e. The number of aryl methyl sites for hydroxylation is 3. The van der Waals surface area contributed by atoms with Crippen LogP contribution in [0.5, 0.6) is 0 Å². The van der Waals surface area contributed by atoms with E-state index in [-0.39, 0.29) is 0 Å². The molecule has 0 amide bonds. The molecule has 0 fully saturated rings. The van der Waals surface area contributed by atoms with Crippen molar-refractivity contribution in [2.24, 2.45) is 0 Å². The van der Waals surface area contributed by atoms with Gasteiger partial charge in [-0.15, -0.1) is 0 Å². The Labute approximate surface area is 156 Å². The van der Waals surface area contributed by atoms with Gasteiger partial charge in [-0.1, -0.05) is 66.2 Å². The zero-order chi connectivity index (χ0) is 18.7. The van der Waals surface area contributed by atoms with E-state index in [0.717, 1.165) is 27.9 Å². The molecule has 4 heteroatoms. The first-order valence-corrected chi connectivity index (χ1v) is 10.0. The molecule has 0 N–H and O–H groups in total. The van der Waals surface area contributed by atoms with Crippen LogP contribution in [0.2, 0.25) is 0 Å². The fourth-order valence-corrected chi connectivity index (χ4v) is 4.78. The monoisotopic (exact) mass is 365 g/mol. The standard InChI is InChI=1S/C22H23NO2S/c1-17-9-7-12-20(15-17)16-23(22-18(2)10-8-11-19(22)3)26(24,25)21-13-5-4-6-14-21/h4-15H,16H2,1-3H3. The number of sulfonamides is 1. The predicted octanol–water partition coefficient (Wildman–Crippen LogP) is 5.01. The summed E-state index contributed by atoms with van der Waals surface area (Å²) in [4.78, 5) is 0.301. The Morgan fingerprint density at radius 1 is 0.769 bits per heavy atom. The van der Waals surface area contributed by atoms with Crippen LogP contribution in [-0.2, 0) is 16.6 Å². The average molecular weight is 365 g/mol. The van der Waals surface area contributed by atoms with Crippen LogP contribution < -0.4 is 4.31 Å². The number of hydrogen-bond acceptors (Lipinski definition) is 2. The summed E-state index contributed by atoms with van der Waals surface area (Å²) in [6, 6.07) is 22.4. The van der Waals surface area contributed by atoms with Crippen molar-refractivity contribution >= 4 is 15.7 Å². The van der Waals surface area contributed by atoms with Gasteiger partial charge in [0.1, 0.15) is 0 Å². The van der Waals surface area contributed by atoms with Crippen molar-refractivity contribution in [2.45, 2.75) is 32.2 Å². The first-order valence-electron chi connectivity index (χ1n) is 8.59. The van der Waals surface area contributed by atoms with Crippen molar-refractivity contribution < 1.29 is 8.42 Å². The van der Waals surface area contributed by atoms with Gasteiger partial charge in [-0.2, -0.15) is 0 Å². The molecule has 0 atom stereocenters. The number of rotatable bonds is 5. The van der Waals surface area contributed by atoms with Crippen LogP contribution in [0.4, 0.5) is 5.69 Å². The average Bonchev–Trinajstić information content (AvgIpc) is 2.61. The third-order valence-electron chi connectivity index (χ3n) is 4.43. The summed E-state index contributed by atoms with van der Waals surface area (Å²) in [5.41, 5.74) is 4.71. The molecule has 3 nitrogen and oxygen atoms in total. The van der Waals surface area contributed by atoms with Crippen LogP contribution in [0.1, 0.15) is 22.3 Å². The van der Waals surface area contributed by atoms with Crippen LogP contribution in [-0.4, -0.2) is 8.42 Å². The Morgan fingerprint density at radius 3 is 2.00 bits per heavy atom. The van der Waals surface area contributed by atoms with E-state index in [1.807, 2.05) is 69.3 Å². The molecule has 0 heterocycles. The van der Waals surface area contributed by atoms with E-state index >= 15 is 0 Å². The Balaban J connectivity index is 2.16. The lowest BCUT2D eigenvalue weighted by atomic mass is 10.1. The molecular formula is C22H23NO2S. The molecule has 0 unspecified atom stereocenters. The third-order valence-corrected chi connectivity index (χ3v) is 6.19. The van der Waals surface area contributed by atoms with Gasteiger partial charge in [-0.05, 0) is 49.6 Å². The van der Waals surface area contributed by atoms with Gasteiger partial charge >= 0.3 is 0 Å². The number of para-hydroxylation sites is 1. The summed E-state index contributed by atoms with van der Waals surface area (Å²) >= 11 is 0. The lowest BCUT2D eigenvalue weighted by Crippen LogP contribution is -2.31. The molecule has 0 aliphatic heterocycles. The zero-order valence-electron chi connectivity index (χ0n) is 15.3. The van der Waals surface area contributed by atoms with E-state index in [1.165, 1.54) is 4.31 Å².